The molecular formula is C17H23N3S. The lowest BCUT2D eigenvalue weighted by atomic mass is 10.0. The molecule has 1 aromatic heterocycles. The molecule has 21 heavy (non-hydrogen) atoms. The van der Waals surface area contributed by atoms with Crippen LogP contribution in [-0.4, -0.2) is 15.2 Å². The van der Waals surface area contributed by atoms with Crippen LogP contribution in [0.25, 0.3) is 0 Å². The highest BCUT2D eigenvalue weighted by molar-refractivity contribution is 7.99. The van der Waals surface area contributed by atoms with Crippen LogP contribution >= 0.6 is 11.8 Å². The summed E-state index contributed by atoms with van der Waals surface area (Å²) in [5.41, 5.74) is 12.0. The van der Waals surface area contributed by atoms with E-state index in [1.54, 1.807) is 11.8 Å². The molecule has 2 unspecified atom stereocenters. The summed E-state index contributed by atoms with van der Waals surface area (Å²) >= 11 is 1.64. The van der Waals surface area contributed by atoms with Gasteiger partial charge in [0, 0.05) is 22.7 Å². The molecule has 3 nitrogen and oxygen atoms in total. The zero-order valence-corrected chi connectivity index (χ0v) is 14.2. The van der Waals surface area contributed by atoms with Crippen molar-refractivity contribution in [2.45, 2.75) is 51.1 Å². The van der Waals surface area contributed by atoms with E-state index in [2.05, 4.69) is 55.0 Å². The number of aromatic nitrogens is 2. The fraction of sp³-hybridized carbons (Fsp3) is 0.412. The van der Waals surface area contributed by atoms with E-state index >= 15 is 0 Å². The van der Waals surface area contributed by atoms with Crippen molar-refractivity contribution in [3.63, 3.8) is 0 Å². The molecule has 2 atom stereocenters. The molecule has 1 heterocycles. The largest absolute Gasteiger partial charge is 0.323 e. The molecule has 2 N–H and O–H groups in total. The van der Waals surface area contributed by atoms with Gasteiger partial charge >= 0.3 is 0 Å². The van der Waals surface area contributed by atoms with Crippen LogP contribution in [0.1, 0.15) is 41.0 Å². The van der Waals surface area contributed by atoms with E-state index in [0.29, 0.717) is 0 Å². The molecule has 1 aromatic carbocycles. The Balaban J connectivity index is 2.13. The minimum absolute atomic E-state index is 0.0267. The minimum Gasteiger partial charge on any atom is -0.323 e. The molecule has 0 aliphatic heterocycles. The second-order valence-electron chi connectivity index (χ2n) is 5.56. The van der Waals surface area contributed by atoms with Crippen molar-refractivity contribution in [1.82, 2.24) is 9.97 Å². The summed E-state index contributed by atoms with van der Waals surface area (Å²) in [5, 5.41) is 1.03. The summed E-state index contributed by atoms with van der Waals surface area (Å²) in [7, 11) is 0. The van der Waals surface area contributed by atoms with Gasteiger partial charge in [0.15, 0.2) is 5.16 Å². The first kappa shape index (κ1) is 16.0. The van der Waals surface area contributed by atoms with Crippen molar-refractivity contribution < 1.29 is 0 Å². The number of nitrogens with zero attached hydrogens (tertiary/aromatic N) is 2. The maximum atomic E-state index is 6.37. The molecule has 0 amide bonds. The minimum atomic E-state index is -0.0267. The van der Waals surface area contributed by atoms with Gasteiger partial charge in [-0.1, -0.05) is 48.5 Å². The number of benzene rings is 1. The van der Waals surface area contributed by atoms with Gasteiger partial charge in [-0.05, 0) is 38.8 Å². The summed E-state index contributed by atoms with van der Waals surface area (Å²) in [6.45, 7) is 10.3. The third kappa shape index (κ3) is 3.83. The van der Waals surface area contributed by atoms with Gasteiger partial charge < -0.3 is 5.73 Å². The van der Waals surface area contributed by atoms with Crippen molar-refractivity contribution in [3.05, 3.63) is 52.3 Å². The van der Waals surface area contributed by atoms with Crippen molar-refractivity contribution in [1.29, 1.82) is 0 Å². The Bertz CT molecular complexity index is 599. The Morgan fingerprint density at radius 3 is 2.00 bits per heavy atom. The molecule has 0 fully saturated rings. The summed E-state index contributed by atoms with van der Waals surface area (Å²) in [4.78, 5) is 9.12. The number of rotatable bonds is 4. The summed E-state index contributed by atoms with van der Waals surface area (Å²) in [5.74, 6) is 0. The van der Waals surface area contributed by atoms with Crippen molar-refractivity contribution in [3.8, 4) is 0 Å². The average molecular weight is 301 g/mol. The molecule has 0 saturated carbocycles. The number of hydrogen-bond donors (Lipinski definition) is 1. The predicted molar refractivity (Wildman–Crippen MR) is 89.7 cm³/mol. The summed E-state index contributed by atoms with van der Waals surface area (Å²) in [6.07, 6.45) is 0. The summed E-state index contributed by atoms with van der Waals surface area (Å²) in [6, 6.07) is 8.38. The molecule has 0 saturated heterocycles. The smallest absolute Gasteiger partial charge is 0.188 e. The van der Waals surface area contributed by atoms with Gasteiger partial charge in [-0.25, -0.2) is 9.97 Å². The molecular weight excluding hydrogens is 278 g/mol. The van der Waals surface area contributed by atoms with Crippen molar-refractivity contribution in [2.24, 2.45) is 5.73 Å². The molecule has 2 rings (SSSR count). The van der Waals surface area contributed by atoms with Crippen LogP contribution in [0.4, 0.5) is 0 Å². The first-order chi connectivity index (χ1) is 9.88. The zero-order valence-electron chi connectivity index (χ0n) is 13.3. The molecule has 0 aliphatic carbocycles. The highest BCUT2D eigenvalue weighted by atomic mass is 32.2. The van der Waals surface area contributed by atoms with Gasteiger partial charge in [0.05, 0.1) is 0 Å². The predicted octanol–water partition coefficient (Wildman–Crippen LogP) is 3.89. The number of thioether (sulfide) groups is 1. The Labute approximate surface area is 131 Å². The third-order valence-corrected chi connectivity index (χ3v) is 4.93. The van der Waals surface area contributed by atoms with Crippen LogP contribution in [0.2, 0.25) is 0 Å². The van der Waals surface area contributed by atoms with Gasteiger partial charge in [-0.15, -0.1) is 0 Å². The van der Waals surface area contributed by atoms with Crippen molar-refractivity contribution >= 4 is 11.8 Å². The first-order valence-corrected chi connectivity index (χ1v) is 8.07. The van der Waals surface area contributed by atoms with E-state index < -0.39 is 0 Å². The first-order valence-electron chi connectivity index (χ1n) is 7.19. The van der Waals surface area contributed by atoms with Gasteiger partial charge in [-0.3, -0.25) is 0 Å². The quantitative estimate of drug-likeness (QED) is 0.687. The zero-order chi connectivity index (χ0) is 15.6. The van der Waals surface area contributed by atoms with Gasteiger partial charge in [0.25, 0.3) is 0 Å². The normalized spacial score (nSPS) is 14.0. The maximum Gasteiger partial charge on any atom is 0.188 e. The standard InChI is InChI=1S/C17H23N3S/c1-10-6-8-15(9-7-10)16(18)14(5)21-17-19-12(3)11(2)13(4)20-17/h6-9,14,16H,18H2,1-5H3. The lowest BCUT2D eigenvalue weighted by Crippen LogP contribution is -2.21. The Morgan fingerprint density at radius 1 is 0.952 bits per heavy atom. The lowest BCUT2D eigenvalue weighted by Gasteiger charge is -2.19. The Morgan fingerprint density at radius 2 is 1.48 bits per heavy atom. The van der Waals surface area contributed by atoms with E-state index in [1.165, 1.54) is 5.56 Å². The monoisotopic (exact) mass is 301 g/mol. The molecule has 0 bridgehead atoms. The SMILES string of the molecule is Cc1ccc(C(N)C(C)Sc2nc(C)c(C)c(C)n2)cc1. The highest BCUT2D eigenvalue weighted by Crippen LogP contribution is 2.29. The fourth-order valence-corrected chi connectivity index (χ4v) is 3.11. The molecule has 0 radical (unpaired) electrons. The second-order valence-corrected chi connectivity index (χ2v) is 6.91. The molecule has 4 heteroatoms. The second kappa shape index (κ2) is 6.58. The van der Waals surface area contributed by atoms with E-state index in [4.69, 9.17) is 5.73 Å². The van der Waals surface area contributed by atoms with Crippen LogP contribution in [0.5, 0.6) is 0 Å². The lowest BCUT2D eigenvalue weighted by molar-refractivity contribution is 0.710. The molecule has 0 aliphatic rings. The van der Waals surface area contributed by atoms with Crippen LogP contribution < -0.4 is 5.73 Å². The average Bonchev–Trinajstić information content (AvgIpc) is 2.44. The van der Waals surface area contributed by atoms with E-state index in [1.807, 2.05) is 13.8 Å². The van der Waals surface area contributed by atoms with Crippen molar-refractivity contribution in [2.75, 3.05) is 0 Å². The maximum absolute atomic E-state index is 6.37. The van der Waals surface area contributed by atoms with Crippen LogP contribution in [0.15, 0.2) is 29.4 Å². The Kier molecular flexibility index (Phi) is 5.01. The molecule has 112 valence electrons. The fourth-order valence-electron chi connectivity index (χ4n) is 2.09. The third-order valence-electron chi connectivity index (χ3n) is 3.87. The van der Waals surface area contributed by atoms with E-state index in [9.17, 15) is 0 Å². The van der Waals surface area contributed by atoms with E-state index in [-0.39, 0.29) is 11.3 Å². The van der Waals surface area contributed by atoms with Gasteiger partial charge in [0.1, 0.15) is 0 Å². The topological polar surface area (TPSA) is 51.8 Å². The number of aryl methyl sites for hydroxylation is 3. The highest BCUT2D eigenvalue weighted by Gasteiger charge is 2.18. The van der Waals surface area contributed by atoms with Gasteiger partial charge in [0.2, 0.25) is 0 Å². The Hall–Kier alpha value is -1.39. The molecule has 0 spiro atoms. The summed E-state index contributed by atoms with van der Waals surface area (Å²) < 4.78 is 0. The molecule has 2 aromatic rings. The number of hydrogen-bond acceptors (Lipinski definition) is 4. The number of nitrogens with two attached hydrogens (primary N) is 1. The van der Waals surface area contributed by atoms with E-state index in [0.717, 1.165) is 27.7 Å². The van der Waals surface area contributed by atoms with Crippen LogP contribution in [0, 0.1) is 27.7 Å². The van der Waals surface area contributed by atoms with Crippen LogP contribution in [0.3, 0.4) is 0 Å². The van der Waals surface area contributed by atoms with Gasteiger partial charge in [-0.2, -0.15) is 0 Å². The van der Waals surface area contributed by atoms with Crippen LogP contribution in [-0.2, 0) is 0 Å².